The van der Waals surface area contributed by atoms with Crippen molar-refractivity contribution in [2.75, 3.05) is 13.3 Å². The van der Waals surface area contributed by atoms with E-state index in [9.17, 15) is 9.46 Å². The van der Waals surface area contributed by atoms with E-state index in [-0.39, 0.29) is 29.6 Å². The molecule has 0 spiro atoms. The van der Waals surface area contributed by atoms with Crippen LogP contribution in [0.25, 0.3) is 0 Å². The summed E-state index contributed by atoms with van der Waals surface area (Å²) in [6.45, 7) is 2.09. The molecule has 0 amide bonds. The summed E-state index contributed by atoms with van der Waals surface area (Å²) in [4.78, 5) is 24.4. The number of hydrogen-bond donors (Lipinski definition) is 1. The Morgan fingerprint density at radius 3 is 2.71 bits per heavy atom. The molecule has 0 radical (unpaired) electrons. The summed E-state index contributed by atoms with van der Waals surface area (Å²) in [5.41, 5.74) is 2.26. The molecule has 0 saturated heterocycles. The first-order valence-corrected chi connectivity index (χ1v) is 8.42. The van der Waals surface area contributed by atoms with Crippen molar-refractivity contribution in [1.82, 2.24) is 5.06 Å². The fourth-order valence-electron chi connectivity index (χ4n) is 2.70. The first-order chi connectivity index (χ1) is 9.46. The minimum Gasteiger partial charge on any atom is -0.756 e. The molecule has 0 aromatic heterocycles. The molecule has 114 valence electrons. The fraction of sp³-hybridized carbons (Fsp3) is 0.692. The summed E-state index contributed by atoms with van der Waals surface area (Å²) in [6.07, 6.45) is 10.0. The molecule has 1 aliphatic carbocycles. The van der Waals surface area contributed by atoms with E-state index in [1.54, 1.807) is 5.06 Å². The predicted octanol–water partition coefficient (Wildman–Crippen LogP) is -0.917. The number of allylic oxidation sites excluding steroid dienone is 3. The molecule has 2 aliphatic rings. The van der Waals surface area contributed by atoms with Gasteiger partial charge in [-0.15, -0.1) is 0 Å². The van der Waals surface area contributed by atoms with Crippen molar-refractivity contribution in [1.29, 1.82) is 0 Å². The van der Waals surface area contributed by atoms with Gasteiger partial charge in [-0.3, -0.25) is 14.2 Å². The zero-order valence-corrected chi connectivity index (χ0v) is 15.6. The second kappa shape index (κ2) is 8.85. The van der Waals surface area contributed by atoms with Gasteiger partial charge in [-0.05, 0) is 25.8 Å². The Labute approximate surface area is 147 Å². The van der Waals surface area contributed by atoms with Crippen LogP contribution in [0, 0.1) is 5.92 Å². The predicted molar refractivity (Wildman–Crippen MR) is 72.0 cm³/mol. The Morgan fingerprint density at radius 1 is 1.43 bits per heavy atom. The number of nitrogens with zero attached hydrogens (tertiary/aromatic N) is 1. The van der Waals surface area contributed by atoms with Crippen LogP contribution in [0.5, 0.6) is 0 Å². The van der Waals surface area contributed by atoms with Crippen molar-refractivity contribution in [2.45, 2.75) is 39.0 Å². The standard InChI is InChI=1S/C13H22NO5P.Na/c1-11-7-8-14(18-10-19-20(15,16)17)13(9-11)12-5-3-2-4-6-12;/h7,9,12H,2-6,8,10H2,1H3,(H2,15,16,17);/q;+1/p-1. The van der Waals surface area contributed by atoms with E-state index in [0.29, 0.717) is 12.5 Å². The number of hydrogen-bond acceptors (Lipinski definition) is 5. The fourth-order valence-corrected chi connectivity index (χ4v) is 2.88. The maximum absolute atomic E-state index is 10.5. The molecule has 1 unspecified atom stereocenters. The molecule has 1 aliphatic heterocycles. The van der Waals surface area contributed by atoms with Crippen molar-refractivity contribution < 1.29 is 53.3 Å². The summed E-state index contributed by atoms with van der Waals surface area (Å²) in [5.74, 6) is 0.445. The molecule has 2 rings (SSSR count). The van der Waals surface area contributed by atoms with Crippen molar-refractivity contribution in [3.05, 3.63) is 23.4 Å². The molecule has 0 aromatic rings. The Balaban J connectivity index is 0.00000220. The third kappa shape index (κ3) is 6.55. The SMILES string of the molecule is CC1=CCN(OCOP(=O)([O-])O)C(C2CCCCC2)=C1.[Na+]. The number of rotatable bonds is 5. The molecule has 1 N–H and O–H groups in total. The van der Waals surface area contributed by atoms with Gasteiger partial charge in [0.25, 0.3) is 7.82 Å². The average molecular weight is 325 g/mol. The van der Waals surface area contributed by atoms with E-state index in [1.165, 1.54) is 24.8 Å². The summed E-state index contributed by atoms with van der Waals surface area (Å²) in [5, 5.41) is 1.67. The van der Waals surface area contributed by atoms with Gasteiger partial charge >= 0.3 is 29.6 Å². The number of phosphoric ester groups is 1. The minimum atomic E-state index is -4.73. The molecular weight excluding hydrogens is 304 g/mol. The maximum atomic E-state index is 10.5. The Bertz CT molecular complexity index is 442. The van der Waals surface area contributed by atoms with Crippen molar-refractivity contribution >= 4 is 7.82 Å². The van der Waals surface area contributed by atoms with Gasteiger partial charge in [0.05, 0.1) is 6.54 Å². The monoisotopic (exact) mass is 325 g/mol. The van der Waals surface area contributed by atoms with Gasteiger partial charge in [-0.1, -0.05) is 30.9 Å². The largest absolute Gasteiger partial charge is 1.00 e. The van der Waals surface area contributed by atoms with Crippen LogP contribution in [0.2, 0.25) is 0 Å². The van der Waals surface area contributed by atoms with Gasteiger partial charge < -0.3 is 9.79 Å². The molecule has 21 heavy (non-hydrogen) atoms. The smallest absolute Gasteiger partial charge is 0.756 e. The summed E-state index contributed by atoms with van der Waals surface area (Å²) in [6, 6.07) is 0. The van der Waals surface area contributed by atoms with Crippen LogP contribution in [0.3, 0.4) is 0 Å². The van der Waals surface area contributed by atoms with E-state index in [4.69, 9.17) is 9.73 Å². The topological polar surface area (TPSA) is 82.1 Å². The number of phosphoric acid groups is 1. The summed E-state index contributed by atoms with van der Waals surface area (Å²) < 4.78 is 14.8. The molecule has 1 heterocycles. The van der Waals surface area contributed by atoms with Crippen LogP contribution in [-0.2, 0) is 13.9 Å². The molecule has 1 fully saturated rings. The molecule has 0 bridgehead atoms. The average Bonchev–Trinajstić information content (AvgIpc) is 2.40. The second-order valence-corrected chi connectivity index (χ2v) is 6.45. The molecular formula is C13H21NNaO5P. The first-order valence-electron chi connectivity index (χ1n) is 6.93. The van der Waals surface area contributed by atoms with Crippen LogP contribution in [0.15, 0.2) is 23.4 Å². The molecule has 1 atom stereocenters. The van der Waals surface area contributed by atoms with Gasteiger partial charge in [0.2, 0.25) is 0 Å². The minimum absolute atomic E-state index is 0. The Kier molecular flexibility index (Phi) is 8.17. The number of hydroxylamine groups is 2. The van der Waals surface area contributed by atoms with Crippen LogP contribution < -0.4 is 34.5 Å². The van der Waals surface area contributed by atoms with Crippen molar-refractivity contribution in [3.63, 3.8) is 0 Å². The van der Waals surface area contributed by atoms with Crippen molar-refractivity contribution in [2.24, 2.45) is 5.92 Å². The van der Waals surface area contributed by atoms with Crippen molar-refractivity contribution in [3.8, 4) is 0 Å². The second-order valence-electron chi connectivity index (χ2n) is 5.26. The van der Waals surface area contributed by atoms with Crippen LogP contribution in [0.1, 0.15) is 39.0 Å². The van der Waals surface area contributed by atoms with Gasteiger partial charge in [-0.2, -0.15) is 0 Å². The maximum Gasteiger partial charge on any atom is 1.00 e. The molecule has 0 aromatic carbocycles. The van der Waals surface area contributed by atoms with Gasteiger partial charge in [0.1, 0.15) is 0 Å². The van der Waals surface area contributed by atoms with E-state index >= 15 is 0 Å². The van der Waals surface area contributed by atoms with Crippen LogP contribution in [0.4, 0.5) is 0 Å². The summed E-state index contributed by atoms with van der Waals surface area (Å²) in [7, 11) is -4.73. The quantitative estimate of drug-likeness (QED) is 0.400. The van der Waals surface area contributed by atoms with E-state index in [0.717, 1.165) is 18.5 Å². The zero-order valence-electron chi connectivity index (χ0n) is 12.7. The third-order valence-electron chi connectivity index (χ3n) is 3.69. The Hall–Kier alpha value is 0.350. The first kappa shape index (κ1) is 19.4. The van der Waals surface area contributed by atoms with Gasteiger partial charge in [-0.25, -0.2) is 4.84 Å². The van der Waals surface area contributed by atoms with Crippen LogP contribution in [-0.4, -0.2) is 23.3 Å². The zero-order chi connectivity index (χ0) is 14.6. The molecule has 8 heteroatoms. The normalized spacial score (nSPS) is 22.9. The van der Waals surface area contributed by atoms with Crippen LogP contribution >= 0.6 is 7.82 Å². The summed E-state index contributed by atoms with van der Waals surface area (Å²) >= 11 is 0. The molecule has 1 saturated carbocycles. The van der Waals surface area contributed by atoms with Gasteiger partial charge in [0, 0.05) is 11.6 Å². The van der Waals surface area contributed by atoms with E-state index in [2.05, 4.69) is 10.6 Å². The third-order valence-corrected chi connectivity index (χ3v) is 4.12. The van der Waals surface area contributed by atoms with E-state index in [1.807, 2.05) is 13.0 Å². The molecule has 6 nitrogen and oxygen atoms in total. The Morgan fingerprint density at radius 2 is 2.10 bits per heavy atom. The van der Waals surface area contributed by atoms with Gasteiger partial charge in [0.15, 0.2) is 6.79 Å². The van der Waals surface area contributed by atoms with E-state index < -0.39 is 14.6 Å².